The van der Waals surface area contributed by atoms with Crippen LogP contribution in [0.5, 0.6) is 0 Å². The average molecular weight is 295 g/mol. The van der Waals surface area contributed by atoms with Gasteiger partial charge in [0.25, 0.3) is 0 Å². The highest BCUT2D eigenvalue weighted by molar-refractivity contribution is 5.77. The first-order valence-corrected chi connectivity index (χ1v) is 7.50. The van der Waals surface area contributed by atoms with E-state index < -0.39 is 0 Å². The minimum Gasteiger partial charge on any atom is -0.368 e. The van der Waals surface area contributed by atoms with Crippen molar-refractivity contribution in [1.82, 2.24) is 10.1 Å². The molecule has 0 amide bonds. The van der Waals surface area contributed by atoms with Gasteiger partial charge in [0.15, 0.2) is 0 Å². The highest BCUT2D eigenvalue weighted by Crippen LogP contribution is 2.28. The summed E-state index contributed by atoms with van der Waals surface area (Å²) in [6.45, 7) is 6.20. The van der Waals surface area contributed by atoms with Crippen molar-refractivity contribution >= 4 is 5.57 Å². The van der Waals surface area contributed by atoms with E-state index in [-0.39, 0.29) is 0 Å². The van der Waals surface area contributed by atoms with Crippen molar-refractivity contribution < 1.29 is 4.52 Å². The van der Waals surface area contributed by atoms with E-state index in [1.54, 1.807) is 0 Å². The third-order valence-corrected chi connectivity index (χ3v) is 3.90. The lowest BCUT2D eigenvalue weighted by molar-refractivity contribution is 0.391. The van der Waals surface area contributed by atoms with Crippen molar-refractivity contribution in [2.75, 3.05) is 13.1 Å². The van der Waals surface area contributed by atoms with Crippen LogP contribution in [0.25, 0.3) is 5.57 Å². The number of hydrogen-bond acceptors (Lipinski definition) is 4. The quantitative estimate of drug-likeness (QED) is 0.942. The molecule has 1 aromatic carbocycles. The second-order valence-electron chi connectivity index (χ2n) is 5.68. The number of aromatic nitrogens is 1. The lowest BCUT2D eigenvalue weighted by Gasteiger charge is -2.27. The van der Waals surface area contributed by atoms with Crippen LogP contribution in [0.1, 0.15) is 22.6 Å². The molecule has 114 valence electrons. The molecule has 22 heavy (non-hydrogen) atoms. The first-order chi connectivity index (χ1) is 10.7. The molecule has 4 heteroatoms. The first kappa shape index (κ1) is 14.6. The van der Waals surface area contributed by atoms with E-state index in [4.69, 9.17) is 10.3 Å². The van der Waals surface area contributed by atoms with Crippen LogP contribution in [-0.4, -0.2) is 23.1 Å². The molecule has 4 nitrogen and oxygen atoms in total. The number of rotatable bonds is 4. The number of nitrogens with two attached hydrogens (primary N) is 1. The molecule has 2 N–H and O–H groups in total. The molecule has 0 radical (unpaired) electrons. The van der Waals surface area contributed by atoms with Gasteiger partial charge >= 0.3 is 0 Å². The highest BCUT2D eigenvalue weighted by Gasteiger charge is 2.18. The van der Waals surface area contributed by atoms with E-state index >= 15 is 0 Å². The van der Waals surface area contributed by atoms with Gasteiger partial charge in [-0.1, -0.05) is 41.6 Å². The topological polar surface area (TPSA) is 55.3 Å². The molecular formula is C18H21N3O. The summed E-state index contributed by atoms with van der Waals surface area (Å²) in [4.78, 5) is 2.29. The van der Waals surface area contributed by atoms with Crippen molar-refractivity contribution in [1.29, 1.82) is 0 Å². The largest absolute Gasteiger partial charge is 0.368 e. The zero-order valence-corrected chi connectivity index (χ0v) is 13.0. The summed E-state index contributed by atoms with van der Waals surface area (Å²) in [6.07, 6.45) is 4.34. The second kappa shape index (κ2) is 6.20. The van der Waals surface area contributed by atoms with Gasteiger partial charge in [0.05, 0.1) is 5.69 Å². The molecule has 3 rings (SSSR count). The highest BCUT2D eigenvalue weighted by atomic mass is 16.5. The molecule has 2 heterocycles. The van der Waals surface area contributed by atoms with Crippen LogP contribution in [0, 0.1) is 13.8 Å². The van der Waals surface area contributed by atoms with Gasteiger partial charge in [0.2, 0.25) is 0 Å². The Kier molecular flexibility index (Phi) is 4.11. The van der Waals surface area contributed by atoms with Gasteiger partial charge in [0, 0.05) is 37.0 Å². The van der Waals surface area contributed by atoms with Gasteiger partial charge in [-0.15, -0.1) is 0 Å². The molecule has 1 aromatic heterocycles. The Labute approximate surface area is 130 Å². The van der Waals surface area contributed by atoms with Gasteiger partial charge in [-0.3, -0.25) is 0 Å². The standard InChI is InChI=1S/C18H21N3O/c1-13-18(14(2)22-20-13)17-8-16(9-19)11-21(12-17)10-15-6-4-3-5-7-15/h3-8,12H,9-11,19H2,1-2H3. The third kappa shape index (κ3) is 2.97. The summed E-state index contributed by atoms with van der Waals surface area (Å²) in [6, 6.07) is 10.5. The lowest BCUT2D eigenvalue weighted by atomic mass is 9.99. The predicted molar refractivity (Wildman–Crippen MR) is 87.9 cm³/mol. The molecule has 0 unspecified atom stereocenters. The third-order valence-electron chi connectivity index (χ3n) is 3.90. The van der Waals surface area contributed by atoms with Gasteiger partial charge in [-0.25, -0.2) is 0 Å². The molecule has 0 atom stereocenters. The Bertz CT molecular complexity index is 694. The monoisotopic (exact) mass is 295 g/mol. The number of nitrogens with zero attached hydrogens (tertiary/aromatic N) is 2. The van der Waals surface area contributed by atoms with Crippen molar-refractivity contribution in [2.45, 2.75) is 20.4 Å². The van der Waals surface area contributed by atoms with E-state index in [0.29, 0.717) is 6.54 Å². The van der Waals surface area contributed by atoms with E-state index in [9.17, 15) is 0 Å². The normalized spacial score (nSPS) is 14.8. The second-order valence-corrected chi connectivity index (χ2v) is 5.68. The van der Waals surface area contributed by atoms with Crippen LogP contribution in [0.3, 0.4) is 0 Å². The molecule has 0 spiro atoms. The van der Waals surface area contributed by atoms with Crippen molar-refractivity contribution in [2.24, 2.45) is 5.73 Å². The molecule has 0 saturated heterocycles. The van der Waals surface area contributed by atoms with E-state index in [1.807, 2.05) is 19.9 Å². The summed E-state index contributed by atoms with van der Waals surface area (Å²) in [5.41, 5.74) is 11.5. The fourth-order valence-corrected chi connectivity index (χ4v) is 2.88. The van der Waals surface area contributed by atoms with Crippen LogP contribution < -0.4 is 5.73 Å². The lowest BCUT2D eigenvalue weighted by Crippen LogP contribution is -2.26. The van der Waals surface area contributed by atoms with Crippen LogP contribution in [0.2, 0.25) is 0 Å². The number of aryl methyl sites for hydroxylation is 2. The van der Waals surface area contributed by atoms with E-state index in [0.717, 1.165) is 35.7 Å². The Hall–Kier alpha value is -2.33. The van der Waals surface area contributed by atoms with Crippen molar-refractivity contribution in [3.05, 3.63) is 70.8 Å². The predicted octanol–water partition coefficient (Wildman–Crippen LogP) is 3.03. The maximum absolute atomic E-state index is 5.89. The van der Waals surface area contributed by atoms with Gasteiger partial charge in [-0.05, 0) is 25.0 Å². The van der Waals surface area contributed by atoms with Crippen molar-refractivity contribution in [3.8, 4) is 0 Å². The van der Waals surface area contributed by atoms with Crippen LogP contribution in [0.4, 0.5) is 0 Å². The molecule has 0 saturated carbocycles. The molecule has 0 fully saturated rings. The minimum atomic E-state index is 0.562. The van der Waals surface area contributed by atoms with Gasteiger partial charge < -0.3 is 15.2 Å². The maximum atomic E-state index is 5.89. The summed E-state index contributed by atoms with van der Waals surface area (Å²) < 4.78 is 5.30. The molecule has 1 aliphatic rings. The molecular weight excluding hydrogens is 274 g/mol. The van der Waals surface area contributed by atoms with Crippen LogP contribution in [-0.2, 0) is 6.54 Å². The minimum absolute atomic E-state index is 0.562. The fourth-order valence-electron chi connectivity index (χ4n) is 2.88. The summed E-state index contributed by atoms with van der Waals surface area (Å²) in [5.74, 6) is 0.845. The van der Waals surface area contributed by atoms with Crippen molar-refractivity contribution in [3.63, 3.8) is 0 Å². The van der Waals surface area contributed by atoms with E-state index in [2.05, 4.69) is 46.6 Å². The number of allylic oxidation sites excluding steroid dienone is 2. The Morgan fingerprint density at radius 1 is 1.23 bits per heavy atom. The van der Waals surface area contributed by atoms with E-state index in [1.165, 1.54) is 11.1 Å². The number of hydrogen-bond donors (Lipinski definition) is 1. The molecule has 2 aromatic rings. The molecule has 1 aliphatic heterocycles. The Balaban J connectivity index is 1.92. The van der Waals surface area contributed by atoms with Gasteiger partial charge in [0.1, 0.15) is 5.76 Å². The van der Waals surface area contributed by atoms with Crippen LogP contribution in [0.15, 0.2) is 52.7 Å². The summed E-state index contributed by atoms with van der Waals surface area (Å²) >= 11 is 0. The Morgan fingerprint density at radius 2 is 2.00 bits per heavy atom. The van der Waals surface area contributed by atoms with Crippen LogP contribution >= 0.6 is 0 Å². The zero-order chi connectivity index (χ0) is 15.5. The first-order valence-electron chi connectivity index (χ1n) is 7.50. The van der Waals surface area contributed by atoms with Gasteiger partial charge in [-0.2, -0.15) is 0 Å². The maximum Gasteiger partial charge on any atom is 0.141 e. The summed E-state index contributed by atoms with van der Waals surface area (Å²) in [7, 11) is 0. The SMILES string of the molecule is Cc1noc(C)c1C1=CN(Cc2ccccc2)CC(CN)=C1. The zero-order valence-electron chi connectivity index (χ0n) is 13.0. The number of benzene rings is 1. The fraction of sp³-hybridized carbons (Fsp3) is 0.278. The Morgan fingerprint density at radius 3 is 2.64 bits per heavy atom. The average Bonchev–Trinajstić information content (AvgIpc) is 2.87. The molecule has 0 bridgehead atoms. The molecule has 0 aliphatic carbocycles. The summed E-state index contributed by atoms with van der Waals surface area (Å²) in [5, 5.41) is 4.06. The smallest absolute Gasteiger partial charge is 0.141 e.